The van der Waals surface area contributed by atoms with E-state index in [9.17, 15) is 14.7 Å². The Bertz CT molecular complexity index is 908. The minimum absolute atomic E-state index is 0.208. The maximum absolute atomic E-state index is 12.6. The number of aliphatic hydroxyl groups is 1. The molecule has 0 aromatic carbocycles. The molecular weight excluding hydrogens is 300 g/mol. The van der Waals surface area contributed by atoms with E-state index in [2.05, 4.69) is 15.4 Å². The van der Waals surface area contributed by atoms with Crippen LogP contribution in [0.1, 0.15) is 27.9 Å². The third-order valence-electron chi connectivity index (χ3n) is 3.56. The first-order chi connectivity index (χ1) is 11.0. The zero-order valence-corrected chi connectivity index (χ0v) is 12.7. The Morgan fingerprint density at radius 1 is 1.57 bits per heavy atom. The van der Waals surface area contributed by atoms with Crippen LogP contribution < -0.4 is 10.9 Å². The first kappa shape index (κ1) is 15.0. The van der Waals surface area contributed by atoms with Crippen molar-refractivity contribution in [2.75, 3.05) is 6.61 Å². The molecule has 0 radical (unpaired) electrons. The Kier molecular flexibility index (Phi) is 3.75. The first-order valence-electron chi connectivity index (χ1n) is 7.02. The number of aliphatic hydroxyl groups excluding tert-OH is 1. The number of carbonyl (C=O) groups is 1. The number of nitrogens with one attached hydrogen (secondary N) is 2. The monoisotopic (exact) mass is 316 g/mol. The second kappa shape index (κ2) is 5.73. The maximum atomic E-state index is 12.6. The molecule has 8 nitrogen and oxygen atoms in total. The summed E-state index contributed by atoms with van der Waals surface area (Å²) in [7, 11) is 1.65. The number of H-pyrrole nitrogens is 1. The fourth-order valence-corrected chi connectivity index (χ4v) is 2.50. The van der Waals surface area contributed by atoms with Gasteiger partial charge in [-0.25, -0.2) is 4.98 Å². The van der Waals surface area contributed by atoms with Crippen LogP contribution in [0.4, 0.5) is 0 Å². The highest BCUT2D eigenvalue weighted by molar-refractivity contribution is 6.05. The van der Waals surface area contributed by atoms with Crippen LogP contribution >= 0.6 is 0 Å². The van der Waals surface area contributed by atoms with Crippen molar-refractivity contribution in [3.63, 3.8) is 0 Å². The van der Waals surface area contributed by atoms with E-state index in [1.54, 1.807) is 32.2 Å². The summed E-state index contributed by atoms with van der Waals surface area (Å²) in [5, 5.41) is 14.9. The average molecular weight is 316 g/mol. The van der Waals surface area contributed by atoms with E-state index < -0.39 is 17.5 Å². The average Bonchev–Trinajstić information content (AvgIpc) is 3.13. The fraction of sp³-hybridized carbons (Fsp3) is 0.267. The van der Waals surface area contributed by atoms with E-state index in [1.807, 2.05) is 0 Å². The number of carbonyl (C=O) groups excluding carboxylic acids is 1. The Labute approximate surface area is 130 Å². The van der Waals surface area contributed by atoms with Gasteiger partial charge in [0.1, 0.15) is 11.8 Å². The van der Waals surface area contributed by atoms with Crippen LogP contribution in [0.15, 0.2) is 33.7 Å². The van der Waals surface area contributed by atoms with Gasteiger partial charge in [-0.1, -0.05) is 0 Å². The second-order valence-electron chi connectivity index (χ2n) is 5.23. The highest BCUT2D eigenvalue weighted by atomic mass is 16.3. The molecule has 3 rings (SSSR count). The number of hydrogen-bond donors (Lipinski definition) is 3. The molecule has 3 heterocycles. The quantitative estimate of drug-likeness (QED) is 0.653. The molecule has 0 aliphatic carbocycles. The van der Waals surface area contributed by atoms with Crippen LogP contribution in [-0.4, -0.2) is 32.4 Å². The lowest BCUT2D eigenvalue weighted by molar-refractivity contribution is 0.0909. The van der Waals surface area contributed by atoms with Crippen LogP contribution in [-0.2, 0) is 7.05 Å². The Morgan fingerprint density at radius 2 is 2.35 bits per heavy atom. The van der Waals surface area contributed by atoms with E-state index in [0.717, 1.165) is 0 Å². The van der Waals surface area contributed by atoms with Crippen LogP contribution in [0.5, 0.6) is 0 Å². The lowest BCUT2D eigenvalue weighted by Crippen LogP contribution is -2.31. The van der Waals surface area contributed by atoms with E-state index in [1.165, 1.54) is 10.9 Å². The number of amides is 1. The molecule has 120 valence electrons. The van der Waals surface area contributed by atoms with Crippen molar-refractivity contribution in [2.45, 2.75) is 13.0 Å². The fourth-order valence-electron chi connectivity index (χ4n) is 2.50. The second-order valence-corrected chi connectivity index (χ2v) is 5.23. The summed E-state index contributed by atoms with van der Waals surface area (Å²) in [6.07, 6.45) is 1.46. The Balaban J connectivity index is 2.02. The molecule has 0 saturated carbocycles. The molecule has 1 atom stereocenters. The maximum Gasteiger partial charge on any atom is 0.274 e. The van der Waals surface area contributed by atoms with Gasteiger partial charge in [0.2, 0.25) is 0 Å². The molecule has 0 aliphatic rings. The predicted molar refractivity (Wildman–Crippen MR) is 82.1 cm³/mol. The minimum Gasteiger partial charge on any atom is -0.467 e. The van der Waals surface area contributed by atoms with Gasteiger partial charge < -0.3 is 14.8 Å². The molecule has 3 aromatic heterocycles. The Hall–Kier alpha value is -2.87. The van der Waals surface area contributed by atoms with Crippen LogP contribution in [0.2, 0.25) is 0 Å². The molecule has 3 N–H and O–H groups in total. The molecule has 1 unspecified atom stereocenters. The molecule has 3 aromatic rings. The summed E-state index contributed by atoms with van der Waals surface area (Å²) in [6, 6.07) is 4.18. The third kappa shape index (κ3) is 2.64. The van der Waals surface area contributed by atoms with Gasteiger partial charge in [-0.3, -0.25) is 19.4 Å². The molecule has 0 saturated heterocycles. The summed E-state index contributed by atoms with van der Waals surface area (Å²) >= 11 is 0. The summed E-state index contributed by atoms with van der Waals surface area (Å²) in [5.74, 6) is -0.0440. The van der Waals surface area contributed by atoms with Crippen molar-refractivity contribution < 1.29 is 14.3 Å². The number of aromatic nitrogens is 3. The van der Waals surface area contributed by atoms with Gasteiger partial charge >= 0.3 is 0 Å². The van der Waals surface area contributed by atoms with Gasteiger partial charge in [-0.2, -0.15) is 0 Å². The highest BCUT2D eigenvalue weighted by Gasteiger charge is 2.22. The Morgan fingerprint density at radius 3 is 3.00 bits per heavy atom. The number of furan rings is 1. The van der Waals surface area contributed by atoms with Crippen LogP contribution in [0, 0.1) is 6.92 Å². The third-order valence-corrected chi connectivity index (χ3v) is 3.56. The number of rotatable bonds is 4. The number of fused-ring (bicyclic) bond motifs is 1. The summed E-state index contributed by atoms with van der Waals surface area (Å²) in [5.41, 5.74) is 0.826. The van der Waals surface area contributed by atoms with E-state index in [0.29, 0.717) is 17.1 Å². The summed E-state index contributed by atoms with van der Waals surface area (Å²) in [4.78, 5) is 28.9. The molecular formula is C15H16N4O4. The molecule has 0 fully saturated rings. The minimum atomic E-state index is -0.691. The molecule has 23 heavy (non-hydrogen) atoms. The molecule has 0 aliphatic heterocycles. The molecule has 8 heteroatoms. The van der Waals surface area contributed by atoms with Crippen molar-refractivity contribution in [1.29, 1.82) is 0 Å². The normalized spacial score (nSPS) is 12.5. The molecule has 0 bridgehead atoms. The van der Waals surface area contributed by atoms with Crippen molar-refractivity contribution in [2.24, 2.45) is 7.05 Å². The van der Waals surface area contributed by atoms with Gasteiger partial charge in [0.25, 0.3) is 11.5 Å². The predicted octanol–water partition coefficient (Wildman–Crippen LogP) is 0.626. The van der Waals surface area contributed by atoms with Crippen molar-refractivity contribution in [3.8, 4) is 0 Å². The molecule has 1 amide bonds. The highest BCUT2D eigenvalue weighted by Crippen LogP contribution is 2.17. The largest absolute Gasteiger partial charge is 0.467 e. The number of aromatic amines is 1. The van der Waals surface area contributed by atoms with Crippen molar-refractivity contribution in [1.82, 2.24) is 20.1 Å². The van der Waals surface area contributed by atoms with Gasteiger partial charge in [0.15, 0.2) is 5.65 Å². The van der Waals surface area contributed by atoms with Gasteiger partial charge in [-0.05, 0) is 25.1 Å². The van der Waals surface area contributed by atoms with Gasteiger partial charge in [-0.15, -0.1) is 0 Å². The standard InChI is InChI=1S/C15H16N4O4/c1-8-6-9(12-13(16-8)19(2)18-15(12)22)14(21)17-10(7-20)11-4-3-5-23-11/h3-6,10,20H,7H2,1-2H3,(H,17,21)(H,18,22). The van der Waals surface area contributed by atoms with Crippen molar-refractivity contribution >= 4 is 16.9 Å². The van der Waals surface area contributed by atoms with E-state index in [4.69, 9.17) is 4.42 Å². The molecule has 0 spiro atoms. The van der Waals surface area contributed by atoms with E-state index in [-0.39, 0.29) is 17.6 Å². The smallest absolute Gasteiger partial charge is 0.274 e. The van der Waals surface area contributed by atoms with Crippen LogP contribution in [0.3, 0.4) is 0 Å². The zero-order valence-electron chi connectivity index (χ0n) is 12.7. The van der Waals surface area contributed by atoms with Gasteiger partial charge in [0, 0.05) is 12.7 Å². The summed E-state index contributed by atoms with van der Waals surface area (Å²) < 4.78 is 6.67. The number of aryl methyl sites for hydroxylation is 2. The number of nitrogens with zero attached hydrogens (tertiary/aromatic N) is 2. The van der Waals surface area contributed by atoms with Gasteiger partial charge in [0.05, 0.1) is 23.8 Å². The SMILES string of the molecule is Cc1cc(C(=O)NC(CO)c2ccco2)c2c(=O)[nH]n(C)c2n1. The summed E-state index contributed by atoms with van der Waals surface area (Å²) in [6.45, 7) is 1.42. The topological polar surface area (TPSA) is 113 Å². The first-order valence-corrected chi connectivity index (χ1v) is 7.02. The lowest BCUT2D eigenvalue weighted by Gasteiger charge is -2.14. The van der Waals surface area contributed by atoms with E-state index >= 15 is 0 Å². The zero-order chi connectivity index (χ0) is 16.6. The number of hydrogen-bond acceptors (Lipinski definition) is 5. The van der Waals surface area contributed by atoms with Crippen LogP contribution in [0.25, 0.3) is 11.0 Å². The lowest BCUT2D eigenvalue weighted by atomic mass is 10.1. The number of pyridine rings is 1. The van der Waals surface area contributed by atoms with Crippen molar-refractivity contribution in [3.05, 3.63) is 51.8 Å².